The molecule has 2 unspecified atom stereocenters. The van der Waals surface area contributed by atoms with Crippen LogP contribution in [-0.4, -0.2) is 37.0 Å². The van der Waals surface area contributed by atoms with E-state index in [1.165, 1.54) is 19.3 Å². The molecule has 0 aromatic rings. The highest BCUT2D eigenvalue weighted by atomic mass is 32.2. The second kappa shape index (κ2) is 7.12. The normalized spacial score (nSPS) is 26.3. The predicted octanol–water partition coefficient (Wildman–Crippen LogP) is 1.39. The molecule has 1 aliphatic rings. The molecule has 1 fully saturated rings. The van der Waals surface area contributed by atoms with Crippen LogP contribution in [0.15, 0.2) is 0 Å². The van der Waals surface area contributed by atoms with E-state index in [0.717, 1.165) is 13.0 Å². The number of carbonyl (C=O) groups is 1. The molecule has 4 heteroatoms. The van der Waals surface area contributed by atoms with Gasteiger partial charge in [0.15, 0.2) is 0 Å². The van der Waals surface area contributed by atoms with Gasteiger partial charge in [-0.05, 0) is 26.1 Å². The topological polar surface area (TPSA) is 41.1 Å². The second-order valence-corrected chi connectivity index (χ2v) is 5.16. The highest BCUT2D eigenvalue weighted by Gasteiger charge is 2.25. The van der Waals surface area contributed by atoms with E-state index < -0.39 is 0 Å². The fourth-order valence-corrected chi connectivity index (χ4v) is 3.00. The van der Waals surface area contributed by atoms with Crippen LogP contribution in [0.4, 0.5) is 0 Å². The van der Waals surface area contributed by atoms with Crippen LogP contribution in [0.25, 0.3) is 0 Å². The van der Waals surface area contributed by atoms with Crippen molar-refractivity contribution in [3.8, 4) is 0 Å². The van der Waals surface area contributed by atoms with Crippen LogP contribution in [0.3, 0.4) is 0 Å². The van der Waals surface area contributed by atoms with Gasteiger partial charge in [0, 0.05) is 24.3 Å². The smallest absolute Gasteiger partial charge is 0.221 e. The summed E-state index contributed by atoms with van der Waals surface area (Å²) < 4.78 is 0. The summed E-state index contributed by atoms with van der Waals surface area (Å²) in [4.78, 5) is 11.6. The van der Waals surface area contributed by atoms with Crippen molar-refractivity contribution >= 4 is 17.7 Å². The van der Waals surface area contributed by atoms with Crippen molar-refractivity contribution in [1.82, 2.24) is 10.6 Å². The Hall–Kier alpha value is -0.220. The van der Waals surface area contributed by atoms with Gasteiger partial charge in [-0.15, -0.1) is 0 Å². The van der Waals surface area contributed by atoms with Crippen molar-refractivity contribution in [2.45, 2.75) is 43.4 Å². The minimum absolute atomic E-state index is 0.190. The van der Waals surface area contributed by atoms with E-state index >= 15 is 0 Å². The van der Waals surface area contributed by atoms with Crippen molar-refractivity contribution in [3.05, 3.63) is 0 Å². The standard InChI is InChI=1S/C11H22N2OS/c1-12-8-7-11(14)13-9-5-3-4-6-10(9)15-2/h9-10,12H,3-8H2,1-2H3,(H,13,14). The van der Waals surface area contributed by atoms with Crippen molar-refractivity contribution in [2.24, 2.45) is 0 Å². The second-order valence-electron chi connectivity index (χ2n) is 4.09. The van der Waals surface area contributed by atoms with Gasteiger partial charge < -0.3 is 10.6 Å². The van der Waals surface area contributed by atoms with Crippen LogP contribution in [-0.2, 0) is 4.79 Å². The third-order valence-corrected chi connectivity index (χ3v) is 4.12. The number of hydrogen-bond acceptors (Lipinski definition) is 3. The first-order chi connectivity index (χ1) is 7.27. The molecule has 88 valence electrons. The lowest BCUT2D eigenvalue weighted by Gasteiger charge is -2.30. The minimum Gasteiger partial charge on any atom is -0.352 e. The molecule has 1 saturated carbocycles. The van der Waals surface area contributed by atoms with Gasteiger partial charge in [0.2, 0.25) is 5.91 Å². The monoisotopic (exact) mass is 230 g/mol. The number of rotatable bonds is 5. The van der Waals surface area contributed by atoms with Crippen LogP contribution >= 0.6 is 11.8 Å². The summed E-state index contributed by atoms with van der Waals surface area (Å²) in [6, 6.07) is 0.401. The minimum atomic E-state index is 0.190. The van der Waals surface area contributed by atoms with E-state index in [1.54, 1.807) is 0 Å². The average molecular weight is 230 g/mol. The largest absolute Gasteiger partial charge is 0.352 e. The van der Waals surface area contributed by atoms with E-state index in [-0.39, 0.29) is 5.91 Å². The van der Waals surface area contributed by atoms with Gasteiger partial charge >= 0.3 is 0 Å². The lowest BCUT2D eigenvalue weighted by Crippen LogP contribution is -2.44. The van der Waals surface area contributed by atoms with Crippen molar-refractivity contribution in [2.75, 3.05) is 19.8 Å². The fourth-order valence-electron chi connectivity index (χ4n) is 2.06. The van der Waals surface area contributed by atoms with E-state index in [1.807, 2.05) is 18.8 Å². The molecular formula is C11H22N2OS. The van der Waals surface area contributed by atoms with E-state index in [4.69, 9.17) is 0 Å². The van der Waals surface area contributed by atoms with Gasteiger partial charge in [-0.3, -0.25) is 4.79 Å². The van der Waals surface area contributed by atoms with Gasteiger partial charge in [0.1, 0.15) is 0 Å². The van der Waals surface area contributed by atoms with Gasteiger partial charge in [-0.25, -0.2) is 0 Å². The molecule has 15 heavy (non-hydrogen) atoms. The molecule has 0 aromatic carbocycles. The molecule has 1 aliphatic carbocycles. The maximum absolute atomic E-state index is 11.6. The third kappa shape index (κ3) is 4.43. The number of hydrogen-bond donors (Lipinski definition) is 2. The Balaban J connectivity index is 2.30. The Bertz CT molecular complexity index is 199. The Kier molecular flexibility index (Phi) is 6.10. The first kappa shape index (κ1) is 12.8. The average Bonchev–Trinajstić information content (AvgIpc) is 2.27. The Morgan fingerprint density at radius 3 is 2.80 bits per heavy atom. The molecule has 0 spiro atoms. The third-order valence-electron chi connectivity index (χ3n) is 2.95. The quantitative estimate of drug-likeness (QED) is 0.750. The lowest BCUT2D eigenvalue weighted by atomic mass is 9.95. The molecule has 3 nitrogen and oxygen atoms in total. The number of nitrogens with one attached hydrogen (secondary N) is 2. The summed E-state index contributed by atoms with van der Waals surface area (Å²) in [6.07, 6.45) is 7.70. The molecule has 0 aromatic heterocycles. The molecule has 0 radical (unpaired) electrons. The summed E-state index contributed by atoms with van der Waals surface area (Å²) in [5, 5.41) is 6.77. The van der Waals surface area contributed by atoms with Crippen LogP contribution in [0.5, 0.6) is 0 Å². The van der Waals surface area contributed by atoms with Crippen LogP contribution in [0.2, 0.25) is 0 Å². The molecule has 0 saturated heterocycles. The molecule has 2 atom stereocenters. The zero-order chi connectivity index (χ0) is 11.1. The predicted molar refractivity (Wildman–Crippen MR) is 66.2 cm³/mol. The van der Waals surface area contributed by atoms with Crippen LogP contribution in [0, 0.1) is 0 Å². The number of thioether (sulfide) groups is 1. The molecule has 0 bridgehead atoms. The zero-order valence-corrected chi connectivity index (χ0v) is 10.5. The number of carbonyl (C=O) groups excluding carboxylic acids is 1. The Morgan fingerprint density at radius 1 is 1.40 bits per heavy atom. The van der Waals surface area contributed by atoms with Crippen LogP contribution < -0.4 is 10.6 Å². The van der Waals surface area contributed by atoms with Crippen LogP contribution in [0.1, 0.15) is 32.1 Å². The first-order valence-electron chi connectivity index (χ1n) is 5.74. The lowest BCUT2D eigenvalue weighted by molar-refractivity contribution is -0.121. The number of amides is 1. The van der Waals surface area contributed by atoms with Gasteiger partial charge in [0.25, 0.3) is 0 Å². The maximum atomic E-state index is 11.6. The summed E-state index contributed by atoms with van der Waals surface area (Å²) in [5.41, 5.74) is 0. The van der Waals surface area contributed by atoms with Gasteiger partial charge in [-0.2, -0.15) is 11.8 Å². The molecule has 0 heterocycles. The summed E-state index contributed by atoms with van der Waals surface area (Å²) in [7, 11) is 1.87. The first-order valence-corrected chi connectivity index (χ1v) is 7.03. The molecule has 1 amide bonds. The zero-order valence-electron chi connectivity index (χ0n) is 9.71. The molecule has 1 rings (SSSR count). The van der Waals surface area contributed by atoms with E-state index in [0.29, 0.717) is 17.7 Å². The highest BCUT2D eigenvalue weighted by molar-refractivity contribution is 7.99. The summed E-state index contributed by atoms with van der Waals surface area (Å²) in [5.74, 6) is 0.190. The maximum Gasteiger partial charge on any atom is 0.221 e. The van der Waals surface area contributed by atoms with Crippen molar-refractivity contribution in [3.63, 3.8) is 0 Å². The Labute approximate surface area is 96.8 Å². The van der Waals surface area contributed by atoms with Gasteiger partial charge in [-0.1, -0.05) is 12.8 Å². The fraction of sp³-hybridized carbons (Fsp3) is 0.909. The SMILES string of the molecule is CNCCC(=O)NC1CCCCC1SC. The molecule has 2 N–H and O–H groups in total. The van der Waals surface area contributed by atoms with Crippen molar-refractivity contribution in [1.29, 1.82) is 0 Å². The molecular weight excluding hydrogens is 208 g/mol. The Morgan fingerprint density at radius 2 is 2.13 bits per heavy atom. The van der Waals surface area contributed by atoms with E-state index in [9.17, 15) is 4.79 Å². The highest BCUT2D eigenvalue weighted by Crippen LogP contribution is 2.27. The molecule has 0 aliphatic heterocycles. The van der Waals surface area contributed by atoms with Gasteiger partial charge in [0.05, 0.1) is 0 Å². The van der Waals surface area contributed by atoms with E-state index in [2.05, 4.69) is 16.9 Å². The summed E-state index contributed by atoms with van der Waals surface area (Å²) >= 11 is 1.89. The summed E-state index contributed by atoms with van der Waals surface area (Å²) in [6.45, 7) is 0.766. The van der Waals surface area contributed by atoms with Crippen molar-refractivity contribution < 1.29 is 4.79 Å².